The molecule has 370 valence electrons. The fourth-order valence-electron chi connectivity index (χ4n) is 5.92. The zero-order valence-corrected chi connectivity index (χ0v) is 37.7. The van der Waals surface area contributed by atoms with Crippen LogP contribution in [-0.2, 0) is 80.7 Å². The Kier molecular flexibility index (Phi) is 31.9. The minimum Gasteiger partial charge on any atom is -0.469 e. The smallest absolute Gasteiger partial charge is 0.307 e. The van der Waals surface area contributed by atoms with Gasteiger partial charge in [0.1, 0.15) is 6.04 Å². The lowest BCUT2D eigenvalue weighted by atomic mass is 10.0. The Balaban J connectivity index is 0.950. The van der Waals surface area contributed by atoms with Gasteiger partial charge in [0.05, 0.1) is 196 Å². The first kappa shape index (κ1) is 55.6. The third-order valence-electron chi connectivity index (χ3n) is 9.17. The first-order valence-electron chi connectivity index (χ1n) is 22.1. The number of rotatable bonds is 44. The number of nitrogens with zero attached hydrogens (tertiary/aromatic N) is 1. The molecule has 65 heavy (non-hydrogen) atoms. The number of methoxy groups -OCH3 is 1. The van der Waals surface area contributed by atoms with Crippen molar-refractivity contribution in [2.24, 2.45) is 0 Å². The molecule has 1 atom stereocenters. The average molecular weight is 932 g/mol. The van der Waals surface area contributed by atoms with Gasteiger partial charge in [0.15, 0.2) is 0 Å². The number of anilines is 1. The molecule has 22 heteroatoms. The third kappa shape index (κ3) is 25.1. The van der Waals surface area contributed by atoms with Crippen LogP contribution in [0.4, 0.5) is 5.69 Å². The van der Waals surface area contributed by atoms with Crippen LogP contribution in [0.25, 0.3) is 0 Å². The molecule has 1 aromatic carbocycles. The number of ether oxygens (including phenoxy) is 14. The van der Waals surface area contributed by atoms with Gasteiger partial charge in [-0.1, -0.05) is 6.07 Å². The van der Waals surface area contributed by atoms with Crippen molar-refractivity contribution in [3.05, 3.63) is 29.3 Å². The Labute approximate surface area is 380 Å². The van der Waals surface area contributed by atoms with Crippen molar-refractivity contribution in [2.45, 2.75) is 25.3 Å². The predicted octanol–water partition coefficient (Wildman–Crippen LogP) is 0.279. The molecule has 0 aromatic heterocycles. The van der Waals surface area contributed by atoms with Gasteiger partial charge in [-0.2, -0.15) is 0 Å². The van der Waals surface area contributed by atoms with E-state index in [1.165, 1.54) is 7.11 Å². The van der Waals surface area contributed by atoms with Crippen LogP contribution in [0.5, 0.6) is 0 Å². The van der Waals surface area contributed by atoms with Gasteiger partial charge in [0, 0.05) is 18.7 Å². The summed E-state index contributed by atoms with van der Waals surface area (Å²) in [7, 11) is 1.35. The van der Waals surface area contributed by atoms with E-state index in [-0.39, 0.29) is 36.4 Å². The summed E-state index contributed by atoms with van der Waals surface area (Å²) in [5, 5.41) is 5.33. The maximum absolute atomic E-state index is 13.2. The minimum absolute atomic E-state index is 0.0610. The number of piperidine rings is 1. The lowest BCUT2D eigenvalue weighted by Crippen LogP contribution is -2.54. The molecule has 0 aliphatic carbocycles. The second-order valence-electron chi connectivity index (χ2n) is 13.9. The number of carbonyl (C=O) groups excluding carboxylic acids is 5. The summed E-state index contributed by atoms with van der Waals surface area (Å²) in [6.07, 6.45) is 0.392. The standard InChI is InChI=1S/C43H69N3O19/c1-52-39(48)7-9-53-11-13-55-15-17-57-19-21-59-23-25-61-27-29-63-31-33-65-34-32-64-30-28-62-26-24-60-22-20-58-18-16-56-14-12-54-10-8-44-36-4-2-3-35-40(36)43(51)46(42(35)50)37-5-6-38(47)45-41(37)49/h2-4,37,44H,5-34H2,1H3,(H,45,47,49). The van der Waals surface area contributed by atoms with E-state index in [1.54, 1.807) is 18.2 Å². The monoisotopic (exact) mass is 931 g/mol. The Hall–Kier alpha value is -3.75. The van der Waals surface area contributed by atoms with E-state index in [2.05, 4.69) is 15.4 Å². The molecule has 2 aliphatic rings. The molecule has 0 bridgehead atoms. The van der Waals surface area contributed by atoms with Crippen molar-refractivity contribution < 1.29 is 90.3 Å². The van der Waals surface area contributed by atoms with Crippen molar-refractivity contribution in [3.8, 4) is 0 Å². The highest BCUT2D eigenvalue weighted by molar-refractivity contribution is 6.25. The number of hydrogen-bond donors (Lipinski definition) is 2. The number of benzene rings is 1. The van der Waals surface area contributed by atoms with Gasteiger partial charge in [-0.25, -0.2) is 0 Å². The molecule has 4 amide bonds. The molecular formula is C43H69N3O19. The van der Waals surface area contributed by atoms with Crippen molar-refractivity contribution in [3.63, 3.8) is 0 Å². The van der Waals surface area contributed by atoms with E-state index in [0.29, 0.717) is 184 Å². The number of imide groups is 2. The summed E-state index contributed by atoms with van der Waals surface area (Å²) in [6, 6.07) is 3.89. The lowest BCUT2D eigenvalue weighted by Gasteiger charge is -2.27. The minimum atomic E-state index is -1.02. The van der Waals surface area contributed by atoms with Gasteiger partial charge < -0.3 is 71.6 Å². The van der Waals surface area contributed by atoms with E-state index >= 15 is 0 Å². The highest BCUT2D eigenvalue weighted by Crippen LogP contribution is 2.32. The SMILES string of the molecule is COC(=O)CCOCCOCCOCCOCCOCCOCCOCCOCCOCCOCCOCCOCCOCCNc1cccc2c1C(=O)N(C1CCC(=O)NC1=O)C2=O. The predicted molar refractivity (Wildman–Crippen MR) is 229 cm³/mol. The van der Waals surface area contributed by atoms with Gasteiger partial charge >= 0.3 is 5.97 Å². The Bertz CT molecular complexity index is 1470. The summed E-state index contributed by atoms with van der Waals surface area (Å²) >= 11 is 0. The number of nitrogens with one attached hydrogen (secondary N) is 2. The topological polar surface area (TPSA) is 242 Å². The maximum Gasteiger partial charge on any atom is 0.307 e. The Morgan fingerprint density at radius 3 is 1.28 bits per heavy atom. The quantitative estimate of drug-likeness (QED) is 0.0507. The van der Waals surface area contributed by atoms with Gasteiger partial charge in [-0.05, 0) is 18.6 Å². The van der Waals surface area contributed by atoms with E-state index in [9.17, 15) is 24.0 Å². The molecule has 1 fully saturated rings. The van der Waals surface area contributed by atoms with Gasteiger partial charge in [0.2, 0.25) is 11.8 Å². The second-order valence-corrected chi connectivity index (χ2v) is 13.9. The lowest BCUT2D eigenvalue weighted by molar-refractivity contribution is -0.142. The first-order valence-corrected chi connectivity index (χ1v) is 22.1. The summed E-state index contributed by atoms with van der Waals surface area (Å²) < 4.78 is 75.7. The number of hydrogen-bond acceptors (Lipinski definition) is 20. The maximum atomic E-state index is 13.2. The molecule has 1 unspecified atom stereocenters. The molecule has 22 nitrogen and oxygen atoms in total. The largest absolute Gasteiger partial charge is 0.469 e. The average Bonchev–Trinajstić information content (AvgIpc) is 3.56. The highest BCUT2D eigenvalue weighted by Gasteiger charge is 2.45. The number of amides is 4. The summed E-state index contributed by atoms with van der Waals surface area (Å²) in [5.74, 6) is -2.48. The van der Waals surface area contributed by atoms with Crippen LogP contribution in [0.3, 0.4) is 0 Å². The van der Waals surface area contributed by atoms with Crippen LogP contribution in [0.15, 0.2) is 18.2 Å². The van der Waals surface area contributed by atoms with Crippen LogP contribution in [0.1, 0.15) is 40.0 Å². The fraction of sp³-hybridized carbons (Fsp3) is 0.744. The van der Waals surface area contributed by atoms with Gasteiger partial charge in [-0.3, -0.25) is 34.2 Å². The van der Waals surface area contributed by atoms with Gasteiger partial charge in [0.25, 0.3) is 11.8 Å². The summed E-state index contributed by atoms with van der Waals surface area (Å²) in [6.45, 7) is 11.8. The summed E-state index contributed by atoms with van der Waals surface area (Å²) in [5.41, 5.74) is 0.892. The molecule has 1 saturated heterocycles. The number of fused-ring (bicyclic) bond motifs is 1. The molecule has 2 N–H and O–H groups in total. The normalized spacial score (nSPS) is 14.9. The van der Waals surface area contributed by atoms with Crippen molar-refractivity contribution in [2.75, 3.05) is 191 Å². The second kappa shape index (κ2) is 37.4. The van der Waals surface area contributed by atoms with E-state index < -0.39 is 29.7 Å². The third-order valence-corrected chi connectivity index (χ3v) is 9.17. The molecule has 3 rings (SSSR count). The Morgan fingerprint density at radius 2 is 0.908 bits per heavy atom. The van der Waals surface area contributed by atoms with Crippen molar-refractivity contribution in [1.29, 1.82) is 0 Å². The molecule has 0 spiro atoms. The molecule has 0 radical (unpaired) electrons. The van der Waals surface area contributed by atoms with E-state index in [4.69, 9.17) is 61.6 Å². The van der Waals surface area contributed by atoms with E-state index in [0.717, 1.165) is 4.90 Å². The molecule has 1 aromatic rings. The molecule has 0 saturated carbocycles. The fourth-order valence-corrected chi connectivity index (χ4v) is 5.92. The van der Waals surface area contributed by atoms with Crippen LogP contribution in [0.2, 0.25) is 0 Å². The number of esters is 1. The van der Waals surface area contributed by atoms with Crippen molar-refractivity contribution in [1.82, 2.24) is 10.2 Å². The summed E-state index contributed by atoms with van der Waals surface area (Å²) in [4.78, 5) is 61.9. The van der Waals surface area contributed by atoms with E-state index in [1.807, 2.05) is 0 Å². The highest BCUT2D eigenvalue weighted by atomic mass is 16.6. The molecule has 2 heterocycles. The Morgan fingerprint density at radius 1 is 0.538 bits per heavy atom. The van der Waals surface area contributed by atoms with Crippen LogP contribution in [-0.4, -0.2) is 226 Å². The molecule has 2 aliphatic heterocycles. The van der Waals surface area contributed by atoms with Gasteiger partial charge in [-0.15, -0.1) is 0 Å². The van der Waals surface area contributed by atoms with Crippen LogP contribution >= 0.6 is 0 Å². The number of carbonyl (C=O) groups is 5. The molecular weight excluding hydrogens is 862 g/mol. The van der Waals surface area contributed by atoms with Crippen LogP contribution < -0.4 is 10.6 Å². The zero-order chi connectivity index (χ0) is 46.4. The first-order chi connectivity index (χ1) is 31.9. The zero-order valence-electron chi connectivity index (χ0n) is 37.7. The van der Waals surface area contributed by atoms with Crippen molar-refractivity contribution >= 4 is 35.3 Å². The van der Waals surface area contributed by atoms with Crippen LogP contribution in [0, 0.1) is 0 Å².